The van der Waals surface area contributed by atoms with Gasteiger partial charge in [0, 0.05) is 0 Å². The van der Waals surface area contributed by atoms with E-state index in [0.717, 1.165) is 18.4 Å². The molecule has 0 fully saturated rings. The van der Waals surface area contributed by atoms with E-state index in [1.807, 2.05) is 0 Å². The van der Waals surface area contributed by atoms with E-state index in [1.54, 1.807) is 6.92 Å². The third-order valence-electron chi connectivity index (χ3n) is 1.11. The average Bonchev–Trinajstić information content (AvgIpc) is 1.86. The lowest BCUT2D eigenvalue weighted by atomic mass is 10.2. The lowest BCUT2D eigenvalue weighted by Gasteiger charge is -2.01. The fraction of sp³-hybridized carbons (Fsp3) is 0.556. The summed E-state index contributed by atoms with van der Waals surface area (Å²) in [4.78, 5) is 10.8. The summed E-state index contributed by atoms with van der Waals surface area (Å²) in [6.45, 7) is 7.90. The summed E-state index contributed by atoms with van der Waals surface area (Å²) in [7, 11) is 0. The Bertz CT molecular complexity index is 138. The Morgan fingerprint density at radius 2 is 2.27 bits per heavy atom. The van der Waals surface area contributed by atoms with Crippen LogP contribution in [0.5, 0.6) is 0 Å². The summed E-state index contributed by atoms with van der Waals surface area (Å²) in [5, 5.41) is 0. The average molecular weight is 155 g/mol. The van der Waals surface area contributed by atoms with E-state index in [0.29, 0.717) is 6.61 Å². The Kier molecular flexibility index (Phi) is 5.53. The first kappa shape index (κ1) is 10.2. The molecule has 2 heteroatoms. The molecule has 0 bridgehead atoms. The molecule has 0 amide bonds. The number of ether oxygens (including phenoxy) is 1. The Labute approximate surface area is 68.2 Å². The predicted octanol–water partition coefficient (Wildman–Crippen LogP) is 2.11. The van der Waals surface area contributed by atoms with Crippen molar-refractivity contribution < 1.29 is 9.53 Å². The van der Waals surface area contributed by atoms with Crippen LogP contribution in [0, 0.1) is 6.42 Å². The molecular formula is C9H15O2. The summed E-state index contributed by atoms with van der Waals surface area (Å²) in [6, 6.07) is 0. The number of hydrogen-bond acceptors (Lipinski definition) is 2. The second-order valence-electron chi connectivity index (χ2n) is 2.51. The van der Waals surface area contributed by atoms with Gasteiger partial charge in [-0.2, -0.15) is 0 Å². The second-order valence-corrected chi connectivity index (χ2v) is 2.51. The van der Waals surface area contributed by atoms with Gasteiger partial charge < -0.3 is 4.74 Å². The molecular weight excluding hydrogens is 140 g/mol. The minimum Gasteiger partial charge on any atom is -0.465 e. The van der Waals surface area contributed by atoms with Crippen molar-refractivity contribution in [3.05, 3.63) is 18.6 Å². The largest absolute Gasteiger partial charge is 0.465 e. The van der Waals surface area contributed by atoms with Crippen molar-refractivity contribution in [3.63, 3.8) is 0 Å². The van der Waals surface area contributed by atoms with Gasteiger partial charge in [0.1, 0.15) is 0 Å². The number of hydrogen-bond donors (Lipinski definition) is 0. The molecule has 0 N–H and O–H groups in total. The van der Waals surface area contributed by atoms with Crippen LogP contribution in [0.15, 0.2) is 12.2 Å². The van der Waals surface area contributed by atoms with Crippen molar-refractivity contribution in [1.29, 1.82) is 0 Å². The monoisotopic (exact) mass is 155 g/mol. The molecule has 2 nitrogen and oxygen atoms in total. The van der Waals surface area contributed by atoms with Gasteiger partial charge in [0.15, 0.2) is 0 Å². The standard InChI is InChI=1S/C9H15O2/c1-4-5-6-11-9(10)7-8(2)3/h7H,2,4-6H2,1,3H3. The Hall–Kier alpha value is -0.790. The SMILES string of the molecule is C=C(C)[CH]C(=O)OCCCC. The zero-order valence-corrected chi connectivity index (χ0v) is 7.22. The van der Waals surface area contributed by atoms with Gasteiger partial charge in [-0.3, -0.25) is 4.79 Å². The third-order valence-corrected chi connectivity index (χ3v) is 1.11. The minimum absolute atomic E-state index is 0.286. The molecule has 0 aromatic carbocycles. The molecule has 0 saturated carbocycles. The summed E-state index contributed by atoms with van der Waals surface area (Å²) < 4.78 is 4.84. The molecule has 0 unspecified atom stereocenters. The molecule has 0 aliphatic heterocycles. The van der Waals surface area contributed by atoms with Gasteiger partial charge in [-0.05, 0) is 13.3 Å². The smallest absolute Gasteiger partial charge is 0.314 e. The van der Waals surface area contributed by atoms with Crippen molar-refractivity contribution in [2.45, 2.75) is 26.7 Å². The highest BCUT2D eigenvalue weighted by Crippen LogP contribution is 1.97. The van der Waals surface area contributed by atoms with E-state index in [-0.39, 0.29) is 5.97 Å². The molecule has 0 aliphatic rings. The normalized spacial score (nSPS) is 9.27. The fourth-order valence-electron chi connectivity index (χ4n) is 0.560. The zero-order valence-electron chi connectivity index (χ0n) is 7.22. The number of rotatable bonds is 5. The predicted molar refractivity (Wildman–Crippen MR) is 45.0 cm³/mol. The van der Waals surface area contributed by atoms with E-state index in [4.69, 9.17) is 4.74 Å². The number of esters is 1. The van der Waals surface area contributed by atoms with Gasteiger partial charge in [0.2, 0.25) is 0 Å². The maximum atomic E-state index is 10.8. The van der Waals surface area contributed by atoms with Gasteiger partial charge in [-0.1, -0.05) is 25.5 Å². The van der Waals surface area contributed by atoms with E-state index < -0.39 is 0 Å². The van der Waals surface area contributed by atoms with Crippen LogP contribution in [0.4, 0.5) is 0 Å². The molecule has 0 spiro atoms. The van der Waals surface area contributed by atoms with Crippen LogP contribution in [0.1, 0.15) is 26.7 Å². The molecule has 0 rings (SSSR count). The summed E-state index contributed by atoms with van der Waals surface area (Å²) in [5.74, 6) is -0.286. The van der Waals surface area contributed by atoms with Crippen molar-refractivity contribution in [2.24, 2.45) is 0 Å². The van der Waals surface area contributed by atoms with Gasteiger partial charge >= 0.3 is 5.97 Å². The molecule has 1 radical (unpaired) electrons. The van der Waals surface area contributed by atoms with Crippen LogP contribution in [0.25, 0.3) is 0 Å². The summed E-state index contributed by atoms with van der Waals surface area (Å²) in [5.41, 5.74) is 0.728. The molecule has 11 heavy (non-hydrogen) atoms. The quantitative estimate of drug-likeness (QED) is 0.449. The van der Waals surface area contributed by atoms with Gasteiger partial charge in [0.05, 0.1) is 13.0 Å². The van der Waals surface area contributed by atoms with Crippen molar-refractivity contribution >= 4 is 5.97 Å². The van der Waals surface area contributed by atoms with E-state index >= 15 is 0 Å². The molecule has 0 aromatic rings. The van der Waals surface area contributed by atoms with Gasteiger partial charge in [-0.15, -0.1) is 0 Å². The van der Waals surface area contributed by atoms with E-state index in [2.05, 4.69) is 13.5 Å². The number of unbranched alkanes of at least 4 members (excludes halogenated alkanes) is 1. The summed E-state index contributed by atoms with van der Waals surface area (Å²) >= 11 is 0. The van der Waals surface area contributed by atoms with Crippen LogP contribution >= 0.6 is 0 Å². The highest BCUT2D eigenvalue weighted by Gasteiger charge is 2.01. The maximum absolute atomic E-state index is 10.8. The highest BCUT2D eigenvalue weighted by atomic mass is 16.5. The Morgan fingerprint density at radius 3 is 2.73 bits per heavy atom. The minimum atomic E-state index is -0.286. The van der Waals surface area contributed by atoms with Crippen molar-refractivity contribution in [2.75, 3.05) is 6.61 Å². The van der Waals surface area contributed by atoms with Gasteiger partial charge in [0.25, 0.3) is 0 Å². The Morgan fingerprint density at radius 1 is 1.64 bits per heavy atom. The van der Waals surface area contributed by atoms with Gasteiger partial charge in [-0.25, -0.2) is 0 Å². The van der Waals surface area contributed by atoms with E-state index in [1.165, 1.54) is 6.42 Å². The molecule has 63 valence electrons. The van der Waals surface area contributed by atoms with Crippen molar-refractivity contribution in [3.8, 4) is 0 Å². The molecule has 0 aromatic heterocycles. The van der Waals surface area contributed by atoms with Crippen LogP contribution in [0.3, 0.4) is 0 Å². The summed E-state index contributed by atoms with van der Waals surface area (Å²) in [6.07, 6.45) is 3.37. The second kappa shape index (κ2) is 5.96. The zero-order chi connectivity index (χ0) is 8.69. The first-order valence-corrected chi connectivity index (χ1v) is 3.83. The number of carbonyl (C=O) groups excluding carboxylic acids is 1. The lowest BCUT2D eigenvalue weighted by Crippen LogP contribution is -2.06. The fourth-order valence-corrected chi connectivity index (χ4v) is 0.560. The number of carbonyl (C=O) groups is 1. The van der Waals surface area contributed by atoms with Crippen LogP contribution in [-0.2, 0) is 9.53 Å². The van der Waals surface area contributed by atoms with Crippen LogP contribution in [-0.4, -0.2) is 12.6 Å². The van der Waals surface area contributed by atoms with Crippen LogP contribution < -0.4 is 0 Å². The first-order valence-electron chi connectivity index (χ1n) is 3.83. The Balaban J connectivity index is 3.30. The lowest BCUT2D eigenvalue weighted by molar-refractivity contribution is -0.139. The first-order chi connectivity index (χ1) is 5.16. The molecule has 0 aliphatic carbocycles. The van der Waals surface area contributed by atoms with E-state index in [9.17, 15) is 4.79 Å². The highest BCUT2D eigenvalue weighted by molar-refractivity contribution is 5.82. The van der Waals surface area contributed by atoms with Crippen molar-refractivity contribution in [1.82, 2.24) is 0 Å². The third kappa shape index (κ3) is 7.10. The molecule has 0 heterocycles. The molecule has 0 atom stereocenters. The van der Waals surface area contributed by atoms with Crippen LogP contribution in [0.2, 0.25) is 0 Å². The maximum Gasteiger partial charge on any atom is 0.314 e. The molecule has 0 saturated heterocycles. The topological polar surface area (TPSA) is 26.3 Å².